The van der Waals surface area contributed by atoms with Crippen LogP contribution in [0.3, 0.4) is 0 Å². The quantitative estimate of drug-likeness (QED) is 0.742. The summed E-state index contributed by atoms with van der Waals surface area (Å²) in [4.78, 5) is 12.0. The van der Waals surface area contributed by atoms with Crippen LogP contribution in [0, 0.1) is 0 Å². The lowest BCUT2D eigenvalue weighted by Gasteiger charge is -2.15. The standard InChI is InChI=1S/C15H13N3OS/c19-14-13(11-8-4-5-9-12(11)17-14)18-15(20)16-10-6-2-1-3-7-10/h1-9,13H,(H,17,19)(H2,16,18,20)/t13-/m0/s1. The van der Waals surface area contributed by atoms with Gasteiger partial charge in [-0.15, -0.1) is 0 Å². The summed E-state index contributed by atoms with van der Waals surface area (Å²) in [7, 11) is 0. The maximum atomic E-state index is 12.0. The second-order valence-corrected chi connectivity index (χ2v) is 4.88. The monoisotopic (exact) mass is 283 g/mol. The Morgan fingerprint density at radius 2 is 1.75 bits per heavy atom. The summed E-state index contributed by atoms with van der Waals surface area (Å²) in [5.41, 5.74) is 2.63. The van der Waals surface area contributed by atoms with E-state index in [1.165, 1.54) is 0 Å². The van der Waals surface area contributed by atoms with Crippen molar-refractivity contribution in [3.8, 4) is 0 Å². The lowest BCUT2D eigenvalue weighted by Crippen LogP contribution is -2.35. The smallest absolute Gasteiger partial charge is 0.251 e. The van der Waals surface area contributed by atoms with E-state index in [0.29, 0.717) is 5.11 Å². The Hall–Kier alpha value is -2.40. The van der Waals surface area contributed by atoms with Gasteiger partial charge in [0.1, 0.15) is 6.04 Å². The predicted octanol–water partition coefficient (Wildman–Crippen LogP) is 2.67. The highest BCUT2D eigenvalue weighted by atomic mass is 32.1. The van der Waals surface area contributed by atoms with Crippen LogP contribution in [-0.2, 0) is 4.79 Å². The topological polar surface area (TPSA) is 53.2 Å². The van der Waals surface area contributed by atoms with Crippen molar-refractivity contribution in [2.75, 3.05) is 10.6 Å². The molecule has 0 saturated carbocycles. The molecule has 2 aromatic rings. The number of amides is 1. The summed E-state index contributed by atoms with van der Waals surface area (Å²) in [6.45, 7) is 0. The van der Waals surface area contributed by atoms with Crippen LogP contribution in [0.5, 0.6) is 0 Å². The van der Waals surface area contributed by atoms with E-state index >= 15 is 0 Å². The summed E-state index contributed by atoms with van der Waals surface area (Å²) in [5, 5.41) is 9.35. The molecule has 3 N–H and O–H groups in total. The van der Waals surface area contributed by atoms with Crippen LogP contribution >= 0.6 is 12.2 Å². The molecule has 1 amide bonds. The average molecular weight is 283 g/mol. The number of fused-ring (bicyclic) bond motifs is 1. The molecule has 0 spiro atoms. The van der Waals surface area contributed by atoms with Crippen LogP contribution in [0.4, 0.5) is 11.4 Å². The van der Waals surface area contributed by atoms with E-state index in [0.717, 1.165) is 16.9 Å². The van der Waals surface area contributed by atoms with Crippen LogP contribution in [0.15, 0.2) is 54.6 Å². The third-order valence-corrected chi connectivity index (χ3v) is 3.32. The average Bonchev–Trinajstić information content (AvgIpc) is 2.76. The number of hydrogen-bond acceptors (Lipinski definition) is 2. The predicted molar refractivity (Wildman–Crippen MR) is 83.6 cm³/mol. The number of rotatable bonds is 2. The van der Waals surface area contributed by atoms with Crippen LogP contribution in [0.25, 0.3) is 0 Å². The number of carbonyl (C=O) groups excluding carboxylic acids is 1. The second kappa shape index (κ2) is 5.30. The molecule has 3 rings (SSSR count). The van der Waals surface area contributed by atoms with Crippen molar-refractivity contribution in [1.29, 1.82) is 0 Å². The highest BCUT2D eigenvalue weighted by Gasteiger charge is 2.30. The summed E-state index contributed by atoms with van der Waals surface area (Å²) < 4.78 is 0. The van der Waals surface area contributed by atoms with Gasteiger partial charge in [-0.05, 0) is 30.4 Å². The van der Waals surface area contributed by atoms with Crippen LogP contribution in [-0.4, -0.2) is 11.0 Å². The van der Waals surface area contributed by atoms with Gasteiger partial charge in [0, 0.05) is 16.9 Å². The molecular weight excluding hydrogens is 270 g/mol. The fourth-order valence-electron chi connectivity index (χ4n) is 2.17. The van der Waals surface area contributed by atoms with Gasteiger partial charge in [-0.25, -0.2) is 0 Å². The van der Waals surface area contributed by atoms with Gasteiger partial charge < -0.3 is 16.0 Å². The fraction of sp³-hybridized carbons (Fsp3) is 0.0667. The van der Waals surface area contributed by atoms with E-state index in [-0.39, 0.29) is 5.91 Å². The molecule has 20 heavy (non-hydrogen) atoms. The Kier molecular flexibility index (Phi) is 3.35. The summed E-state index contributed by atoms with van der Waals surface area (Å²) in [6.07, 6.45) is 0. The van der Waals surface area contributed by atoms with E-state index in [2.05, 4.69) is 16.0 Å². The van der Waals surface area contributed by atoms with E-state index in [4.69, 9.17) is 12.2 Å². The molecular formula is C15H13N3OS. The van der Waals surface area contributed by atoms with Gasteiger partial charge in [-0.2, -0.15) is 0 Å². The Morgan fingerprint density at radius 1 is 1.05 bits per heavy atom. The normalized spacial score (nSPS) is 16.2. The van der Waals surface area contributed by atoms with Crippen molar-refractivity contribution in [2.24, 2.45) is 0 Å². The first-order valence-electron chi connectivity index (χ1n) is 6.26. The van der Waals surface area contributed by atoms with Crippen LogP contribution < -0.4 is 16.0 Å². The molecule has 0 aliphatic carbocycles. The number of benzene rings is 2. The first-order chi connectivity index (χ1) is 9.74. The van der Waals surface area contributed by atoms with Crippen molar-refractivity contribution >= 4 is 34.6 Å². The minimum absolute atomic E-state index is 0.0941. The number of nitrogens with one attached hydrogen (secondary N) is 3. The first-order valence-corrected chi connectivity index (χ1v) is 6.67. The van der Waals surface area contributed by atoms with Gasteiger partial charge in [0.2, 0.25) is 0 Å². The van der Waals surface area contributed by atoms with Crippen molar-refractivity contribution in [3.05, 3.63) is 60.2 Å². The molecule has 1 aliphatic heterocycles. The molecule has 0 aromatic heterocycles. The van der Waals surface area contributed by atoms with Crippen molar-refractivity contribution in [1.82, 2.24) is 5.32 Å². The van der Waals surface area contributed by atoms with Crippen LogP contribution in [0.1, 0.15) is 11.6 Å². The number of carbonyl (C=O) groups is 1. The van der Waals surface area contributed by atoms with E-state index in [1.54, 1.807) is 0 Å². The summed E-state index contributed by atoms with van der Waals surface area (Å²) in [6, 6.07) is 16.7. The third-order valence-electron chi connectivity index (χ3n) is 3.10. The molecule has 100 valence electrons. The molecule has 5 heteroatoms. The molecule has 0 radical (unpaired) electrons. The maximum absolute atomic E-state index is 12.0. The minimum Gasteiger partial charge on any atom is -0.347 e. The number of anilines is 2. The zero-order valence-electron chi connectivity index (χ0n) is 10.6. The van der Waals surface area contributed by atoms with Crippen molar-refractivity contribution < 1.29 is 4.79 Å². The summed E-state index contributed by atoms with van der Waals surface area (Å²) >= 11 is 5.25. The number of thiocarbonyl (C=S) groups is 1. The molecule has 0 bridgehead atoms. The van der Waals surface area contributed by atoms with E-state index in [1.807, 2.05) is 54.6 Å². The molecule has 2 aromatic carbocycles. The first kappa shape index (κ1) is 12.6. The Balaban J connectivity index is 1.72. The van der Waals surface area contributed by atoms with E-state index < -0.39 is 6.04 Å². The second-order valence-electron chi connectivity index (χ2n) is 4.47. The fourth-order valence-corrected chi connectivity index (χ4v) is 2.41. The number of para-hydroxylation sites is 2. The molecule has 0 unspecified atom stereocenters. The SMILES string of the molecule is O=C1Nc2ccccc2[C@@H]1NC(=S)Nc1ccccc1. The van der Waals surface area contributed by atoms with Crippen LogP contribution in [0.2, 0.25) is 0 Å². The lowest BCUT2D eigenvalue weighted by molar-refractivity contribution is -0.117. The van der Waals surface area contributed by atoms with Gasteiger partial charge in [0.05, 0.1) is 0 Å². The number of hydrogen-bond donors (Lipinski definition) is 3. The van der Waals surface area contributed by atoms with E-state index in [9.17, 15) is 4.79 Å². The summed E-state index contributed by atoms with van der Waals surface area (Å²) in [5.74, 6) is -0.0941. The molecule has 1 heterocycles. The third kappa shape index (κ3) is 2.48. The van der Waals surface area contributed by atoms with Gasteiger partial charge in [-0.3, -0.25) is 4.79 Å². The minimum atomic E-state index is -0.449. The lowest BCUT2D eigenvalue weighted by atomic mass is 10.1. The molecule has 4 nitrogen and oxygen atoms in total. The van der Waals surface area contributed by atoms with Gasteiger partial charge in [0.25, 0.3) is 5.91 Å². The molecule has 0 saturated heterocycles. The largest absolute Gasteiger partial charge is 0.347 e. The highest BCUT2D eigenvalue weighted by molar-refractivity contribution is 7.80. The maximum Gasteiger partial charge on any atom is 0.251 e. The van der Waals surface area contributed by atoms with Gasteiger partial charge >= 0.3 is 0 Å². The molecule has 1 aliphatic rings. The molecule has 0 fully saturated rings. The van der Waals surface area contributed by atoms with Gasteiger partial charge in [-0.1, -0.05) is 36.4 Å². The Labute approximate surface area is 122 Å². The van der Waals surface area contributed by atoms with Crippen molar-refractivity contribution in [3.63, 3.8) is 0 Å². The zero-order chi connectivity index (χ0) is 13.9. The Morgan fingerprint density at radius 3 is 2.55 bits per heavy atom. The van der Waals surface area contributed by atoms with Gasteiger partial charge in [0.15, 0.2) is 5.11 Å². The highest BCUT2D eigenvalue weighted by Crippen LogP contribution is 2.30. The zero-order valence-corrected chi connectivity index (χ0v) is 11.4. The van der Waals surface area contributed by atoms with Crippen molar-refractivity contribution in [2.45, 2.75) is 6.04 Å². The Bertz CT molecular complexity index is 657. The molecule has 1 atom stereocenters.